The summed E-state index contributed by atoms with van der Waals surface area (Å²) in [7, 11) is 0. The first-order valence-corrected chi connectivity index (χ1v) is 6.58. The van der Waals surface area contributed by atoms with Crippen molar-refractivity contribution in [1.29, 1.82) is 0 Å². The van der Waals surface area contributed by atoms with Crippen molar-refractivity contribution in [2.45, 2.75) is 44.6 Å². The number of ether oxygens (including phenoxy) is 1. The van der Waals surface area contributed by atoms with E-state index in [9.17, 15) is 4.79 Å². The van der Waals surface area contributed by atoms with E-state index in [1.54, 1.807) is 6.07 Å². The Morgan fingerprint density at radius 2 is 2.21 bits per heavy atom. The average Bonchev–Trinajstić information content (AvgIpc) is 2.77. The molecule has 0 aromatic carbocycles. The van der Waals surface area contributed by atoms with Crippen molar-refractivity contribution in [3.63, 3.8) is 0 Å². The van der Waals surface area contributed by atoms with E-state index in [-0.39, 0.29) is 12.0 Å². The standard InChI is InChI=1S/C13H19N3O3/c1-2-19-11-7-10(14-9-15-11)16-13(8-12(17)18)5-3-4-6-13/h7,9H,2-6,8H2,1H3,(H,17,18)(H,14,15,16). The van der Waals surface area contributed by atoms with Gasteiger partial charge in [-0.2, -0.15) is 0 Å². The van der Waals surface area contributed by atoms with E-state index in [2.05, 4.69) is 15.3 Å². The van der Waals surface area contributed by atoms with Gasteiger partial charge in [0.05, 0.1) is 13.0 Å². The number of rotatable bonds is 6. The topological polar surface area (TPSA) is 84.3 Å². The maximum absolute atomic E-state index is 11.0. The Balaban J connectivity index is 2.12. The van der Waals surface area contributed by atoms with E-state index in [4.69, 9.17) is 9.84 Å². The number of aromatic nitrogens is 2. The third-order valence-corrected chi connectivity index (χ3v) is 3.38. The van der Waals surface area contributed by atoms with Crippen molar-refractivity contribution in [3.8, 4) is 5.88 Å². The van der Waals surface area contributed by atoms with Crippen molar-refractivity contribution in [2.75, 3.05) is 11.9 Å². The minimum absolute atomic E-state index is 0.112. The molecule has 0 spiro atoms. The Morgan fingerprint density at radius 3 is 2.84 bits per heavy atom. The molecule has 6 nitrogen and oxygen atoms in total. The van der Waals surface area contributed by atoms with Gasteiger partial charge in [0.1, 0.15) is 12.1 Å². The molecule has 2 rings (SSSR count). The molecule has 1 saturated carbocycles. The molecule has 1 aliphatic rings. The van der Waals surface area contributed by atoms with E-state index in [1.807, 2.05) is 6.92 Å². The van der Waals surface area contributed by atoms with Crippen LogP contribution in [-0.2, 0) is 4.79 Å². The molecule has 1 aliphatic carbocycles. The summed E-state index contributed by atoms with van der Waals surface area (Å²) in [6, 6.07) is 1.71. The predicted molar refractivity (Wildman–Crippen MR) is 70.3 cm³/mol. The Hall–Kier alpha value is -1.85. The zero-order valence-corrected chi connectivity index (χ0v) is 11.1. The molecule has 1 aromatic heterocycles. The minimum Gasteiger partial charge on any atom is -0.481 e. The quantitative estimate of drug-likeness (QED) is 0.819. The van der Waals surface area contributed by atoms with Crippen LogP contribution in [0.3, 0.4) is 0 Å². The fourth-order valence-electron chi connectivity index (χ4n) is 2.59. The van der Waals surface area contributed by atoms with Crippen LogP contribution in [0.4, 0.5) is 5.82 Å². The number of hydrogen-bond donors (Lipinski definition) is 2. The van der Waals surface area contributed by atoms with Crippen LogP contribution in [0.2, 0.25) is 0 Å². The molecule has 0 unspecified atom stereocenters. The molecule has 0 radical (unpaired) electrons. The van der Waals surface area contributed by atoms with Crippen molar-refractivity contribution in [2.24, 2.45) is 0 Å². The average molecular weight is 265 g/mol. The lowest BCUT2D eigenvalue weighted by atomic mass is 9.93. The molecule has 0 bridgehead atoms. The summed E-state index contributed by atoms with van der Waals surface area (Å²) in [4.78, 5) is 19.2. The monoisotopic (exact) mass is 265 g/mol. The summed E-state index contributed by atoms with van der Waals surface area (Å²) >= 11 is 0. The Labute approximate surface area is 112 Å². The minimum atomic E-state index is -0.784. The molecule has 0 atom stereocenters. The van der Waals surface area contributed by atoms with Crippen LogP contribution in [0.1, 0.15) is 39.0 Å². The summed E-state index contributed by atoms with van der Waals surface area (Å²) in [6.07, 6.45) is 5.34. The zero-order valence-electron chi connectivity index (χ0n) is 11.1. The summed E-state index contributed by atoms with van der Waals surface area (Å²) in [5.41, 5.74) is -0.385. The summed E-state index contributed by atoms with van der Waals surface area (Å²) in [5, 5.41) is 12.3. The third-order valence-electron chi connectivity index (χ3n) is 3.38. The number of aliphatic carboxylic acids is 1. The first-order valence-electron chi connectivity index (χ1n) is 6.58. The molecule has 0 aliphatic heterocycles. The second-order valence-corrected chi connectivity index (χ2v) is 4.86. The van der Waals surface area contributed by atoms with Gasteiger partial charge in [0.2, 0.25) is 5.88 Å². The Bertz CT molecular complexity index is 445. The van der Waals surface area contributed by atoms with Crippen LogP contribution < -0.4 is 10.1 Å². The Morgan fingerprint density at radius 1 is 1.47 bits per heavy atom. The molecule has 104 valence electrons. The van der Waals surface area contributed by atoms with Gasteiger partial charge in [-0.25, -0.2) is 9.97 Å². The number of carboxylic acids is 1. The first kappa shape index (κ1) is 13.6. The van der Waals surface area contributed by atoms with Crippen LogP contribution in [-0.4, -0.2) is 33.2 Å². The van der Waals surface area contributed by atoms with E-state index in [0.717, 1.165) is 25.7 Å². The number of nitrogens with one attached hydrogen (secondary N) is 1. The highest BCUT2D eigenvalue weighted by atomic mass is 16.5. The van der Waals surface area contributed by atoms with Crippen LogP contribution in [0.15, 0.2) is 12.4 Å². The van der Waals surface area contributed by atoms with E-state index in [1.165, 1.54) is 6.33 Å². The molecular formula is C13H19N3O3. The van der Waals surface area contributed by atoms with Gasteiger partial charge < -0.3 is 15.2 Å². The zero-order chi connectivity index (χ0) is 13.7. The third kappa shape index (κ3) is 3.56. The summed E-state index contributed by atoms with van der Waals surface area (Å²) in [5.74, 6) is 0.346. The molecular weight excluding hydrogens is 246 g/mol. The predicted octanol–water partition coefficient (Wildman–Crippen LogP) is 2.07. The fourth-order valence-corrected chi connectivity index (χ4v) is 2.59. The Kier molecular flexibility index (Phi) is 4.19. The normalized spacial score (nSPS) is 17.1. The van der Waals surface area contributed by atoms with Crippen molar-refractivity contribution >= 4 is 11.8 Å². The van der Waals surface area contributed by atoms with Gasteiger partial charge in [-0.15, -0.1) is 0 Å². The molecule has 1 aromatic rings. The largest absolute Gasteiger partial charge is 0.481 e. The lowest BCUT2D eigenvalue weighted by Gasteiger charge is -2.29. The maximum Gasteiger partial charge on any atom is 0.305 e. The lowest BCUT2D eigenvalue weighted by molar-refractivity contribution is -0.138. The van der Waals surface area contributed by atoms with Crippen LogP contribution in [0.5, 0.6) is 5.88 Å². The highest BCUT2D eigenvalue weighted by molar-refractivity contribution is 5.69. The van der Waals surface area contributed by atoms with Crippen LogP contribution in [0, 0.1) is 0 Å². The number of nitrogens with zero attached hydrogens (tertiary/aromatic N) is 2. The van der Waals surface area contributed by atoms with Gasteiger partial charge in [-0.3, -0.25) is 4.79 Å². The van der Waals surface area contributed by atoms with Gasteiger partial charge in [0, 0.05) is 11.6 Å². The second-order valence-electron chi connectivity index (χ2n) is 4.86. The van der Waals surface area contributed by atoms with E-state index in [0.29, 0.717) is 18.3 Å². The number of anilines is 1. The van der Waals surface area contributed by atoms with E-state index < -0.39 is 5.97 Å². The van der Waals surface area contributed by atoms with Crippen LogP contribution in [0.25, 0.3) is 0 Å². The van der Waals surface area contributed by atoms with Crippen molar-refractivity contribution in [1.82, 2.24) is 9.97 Å². The van der Waals surface area contributed by atoms with Gasteiger partial charge in [-0.05, 0) is 19.8 Å². The van der Waals surface area contributed by atoms with Gasteiger partial charge in [-0.1, -0.05) is 12.8 Å². The van der Waals surface area contributed by atoms with Gasteiger partial charge >= 0.3 is 5.97 Å². The second kappa shape index (κ2) is 5.86. The molecule has 2 N–H and O–H groups in total. The fraction of sp³-hybridized carbons (Fsp3) is 0.615. The van der Waals surface area contributed by atoms with Crippen molar-refractivity contribution < 1.29 is 14.6 Å². The van der Waals surface area contributed by atoms with Gasteiger partial charge in [0.25, 0.3) is 0 Å². The lowest BCUT2D eigenvalue weighted by Crippen LogP contribution is -2.37. The van der Waals surface area contributed by atoms with Gasteiger partial charge in [0.15, 0.2) is 0 Å². The number of carboxylic acid groups (broad SMARTS) is 1. The van der Waals surface area contributed by atoms with E-state index >= 15 is 0 Å². The molecule has 0 amide bonds. The smallest absolute Gasteiger partial charge is 0.305 e. The summed E-state index contributed by atoms with van der Waals surface area (Å²) < 4.78 is 5.32. The van der Waals surface area contributed by atoms with Crippen molar-refractivity contribution in [3.05, 3.63) is 12.4 Å². The summed E-state index contributed by atoms with van der Waals surface area (Å²) in [6.45, 7) is 2.43. The SMILES string of the molecule is CCOc1cc(NC2(CC(=O)O)CCCC2)ncn1. The first-order chi connectivity index (χ1) is 9.13. The molecule has 19 heavy (non-hydrogen) atoms. The number of hydrogen-bond acceptors (Lipinski definition) is 5. The van der Waals surface area contributed by atoms with Crippen LogP contribution >= 0.6 is 0 Å². The number of carbonyl (C=O) groups is 1. The highest BCUT2D eigenvalue weighted by Crippen LogP contribution is 2.35. The highest BCUT2D eigenvalue weighted by Gasteiger charge is 2.36. The maximum atomic E-state index is 11.0. The molecule has 6 heteroatoms. The molecule has 1 heterocycles. The molecule has 0 saturated heterocycles. The molecule has 1 fully saturated rings.